The number of carbonyl (C=O) groups is 2. The van der Waals surface area contributed by atoms with Crippen LogP contribution in [0.4, 0.5) is 18.9 Å². The van der Waals surface area contributed by atoms with Gasteiger partial charge in [-0.25, -0.2) is 0 Å². The van der Waals surface area contributed by atoms with E-state index in [9.17, 15) is 22.8 Å². The highest BCUT2D eigenvalue weighted by Crippen LogP contribution is 2.33. The zero-order chi connectivity index (χ0) is 23.5. The molecule has 0 unspecified atom stereocenters. The Morgan fingerprint density at radius 2 is 1.81 bits per heavy atom. The van der Waals surface area contributed by atoms with E-state index >= 15 is 0 Å². The van der Waals surface area contributed by atoms with Crippen LogP contribution in [0.15, 0.2) is 60.4 Å². The van der Waals surface area contributed by atoms with Crippen molar-refractivity contribution in [3.63, 3.8) is 0 Å². The van der Waals surface area contributed by atoms with Crippen LogP contribution in [0.3, 0.4) is 0 Å². The number of rotatable bonds is 6. The first kappa shape index (κ1) is 23.7. The van der Waals surface area contributed by atoms with Crippen molar-refractivity contribution in [2.45, 2.75) is 25.6 Å². The number of hydrogen-bond donors (Lipinski definition) is 1. The number of nitrogens with zero attached hydrogens (tertiary/aromatic N) is 1. The first-order valence-corrected chi connectivity index (χ1v) is 11.2. The second-order valence-corrected chi connectivity index (χ2v) is 8.56. The Kier molecular flexibility index (Phi) is 6.88. The van der Waals surface area contributed by atoms with E-state index in [0.29, 0.717) is 22.6 Å². The third-order valence-electron chi connectivity index (χ3n) is 5.12. The number of alkyl halides is 3. The van der Waals surface area contributed by atoms with Crippen molar-refractivity contribution in [2.24, 2.45) is 0 Å². The van der Waals surface area contributed by atoms with E-state index in [1.165, 1.54) is 42.6 Å². The van der Waals surface area contributed by atoms with Gasteiger partial charge >= 0.3 is 6.18 Å². The molecule has 0 fully saturated rings. The lowest BCUT2D eigenvalue weighted by Crippen LogP contribution is -2.57. The molecule has 0 atom stereocenters. The third-order valence-corrected chi connectivity index (χ3v) is 5.67. The zero-order valence-corrected chi connectivity index (χ0v) is 18.6. The maximum Gasteiger partial charge on any atom is 0.416 e. The van der Waals surface area contributed by atoms with Gasteiger partial charge in [0.25, 0.3) is 5.91 Å². The monoisotopic (exact) mass is 464 g/mol. The lowest BCUT2D eigenvalue weighted by atomic mass is 9.96. The third kappa shape index (κ3) is 4.93. The number of nitrogens with one attached hydrogen (secondary N) is 1. The predicted molar refractivity (Wildman–Crippen MR) is 119 cm³/mol. The fourth-order valence-corrected chi connectivity index (χ4v) is 3.75. The molecule has 5 nitrogen and oxygen atoms in total. The van der Waals surface area contributed by atoms with E-state index in [1.54, 1.807) is 24.3 Å². The van der Waals surface area contributed by atoms with Crippen LogP contribution in [0.1, 0.15) is 25.0 Å². The molecule has 9 heteroatoms. The summed E-state index contributed by atoms with van der Waals surface area (Å²) in [5.41, 5.74) is -1.24. The van der Waals surface area contributed by atoms with Crippen LogP contribution in [0, 0.1) is 0 Å². The lowest BCUT2D eigenvalue weighted by molar-refractivity contribution is -0.147. The van der Waals surface area contributed by atoms with E-state index in [2.05, 4.69) is 5.32 Å². The van der Waals surface area contributed by atoms with Gasteiger partial charge in [0.2, 0.25) is 5.91 Å². The molecule has 0 saturated carbocycles. The molecule has 0 aromatic heterocycles. The molecule has 0 radical (unpaired) electrons. The smallest absolute Gasteiger partial charge is 0.416 e. The summed E-state index contributed by atoms with van der Waals surface area (Å²) in [6.07, 6.45) is -2.64. The maximum absolute atomic E-state index is 13.5. The molecular weight excluding hydrogens is 441 g/mol. The minimum Gasteiger partial charge on any atom is -0.476 e. The second-order valence-electron chi connectivity index (χ2n) is 7.70. The normalized spacial score (nSPS) is 14.9. The standard InChI is InChI=1S/C23H23F3N2O3S/c1-22(2,21(30)27-17-11-7-10-16(12-17)23(24,25)26)28-14-31-18(13-32-3)19(20(28)29)15-8-5-4-6-9-15/h4-12H,13-14H2,1-3H3,(H,27,30). The van der Waals surface area contributed by atoms with E-state index in [4.69, 9.17) is 4.74 Å². The molecule has 0 aliphatic carbocycles. The number of anilines is 1. The Balaban J connectivity index is 1.88. The summed E-state index contributed by atoms with van der Waals surface area (Å²) >= 11 is 1.50. The number of carbonyl (C=O) groups excluding carboxylic acids is 2. The highest BCUT2D eigenvalue weighted by molar-refractivity contribution is 7.98. The molecule has 2 amide bonds. The van der Waals surface area contributed by atoms with Gasteiger partial charge in [-0.05, 0) is 43.9 Å². The van der Waals surface area contributed by atoms with Gasteiger partial charge in [-0.2, -0.15) is 24.9 Å². The second kappa shape index (κ2) is 9.28. The van der Waals surface area contributed by atoms with Crippen molar-refractivity contribution in [1.82, 2.24) is 4.90 Å². The Bertz CT molecular complexity index is 1040. The SMILES string of the molecule is CSCC1=C(c2ccccc2)C(=O)N(C(C)(C)C(=O)Nc2cccc(C(F)(F)F)c2)CO1. The summed E-state index contributed by atoms with van der Waals surface area (Å²) in [4.78, 5) is 27.8. The molecule has 0 saturated heterocycles. The lowest BCUT2D eigenvalue weighted by Gasteiger charge is -2.40. The van der Waals surface area contributed by atoms with Gasteiger partial charge in [0, 0.05) is 5.69 Å². The van der Waals surface area contributed by atoms with Gasteiger partial charge in [0.1, 0.15) is 11.3 Å². The van der Waals surface area contributed by atoms with Crippen LogP contribution >= 0.6 is 11.8 Å². The molecular formula is C23H23F3N2O3S. The summed E-state index contributed by atoms with van der Waals surface area (Å²) in [5, 5.41) is 2.49. The van der Waals surface area contributed by atoms with Crippen molar-refractivity contribution in [3.05, 3.63) is 71.5 Å². The summed E-state index contributed by atoms with van der Waals surface area (Å²) in [7, 11) is 0. The Hall–Kier alpha value is -2.94. The fraction of sp³-hybridized carbons (Fsp3) is 0.304. The van der Waals surface area contributed by atoms with Gasteiger partial charge in [0.15, 0.2) is 6.73 Å². The molecule has 1 N–H and O–H groups in total. The van der Waals surface area contributed by atoms with Gasteiger partial charge in [-0.3, -0.25) is 14.5 Å². The van der Waals surface area contributed by atoms with Gasteiger partial charge in [-0.1, -0.05) is 36.4 Å². The van der Waals surface area contributed by atoms with Gasteiger partial charge in [0.05, 0.1) is 16.9 Å². The molecule has 1 heterocycles. The van der Waals surface area contributed by atoms with Crippen molar-refractivity contribution in [3.8, 4) is 0 Å². The number of ether oxygens (including phenoxy) is 1. The van der Waals surface area contributed by atoms with E-state index in [0.717, 1.165) is 12.1 Å². The van der Waals surface area contributed by atoms with Crippen LogP contribution in [0.5, 0.6) is 0 Å². The summed E-state index contributed by atoms with van der Waals surface area (Å²) in [5.74, 6) is 0.00458. The predicted octanol–water partition coefficient (Wildman–Crippen LogP) is 5.01. The minimum absolute atomic E-state index is 0.00910. The summed E-state index contributed by atoms with van der Waals surface area (Å²) in [6.45, 7) is 2.91. The minimum atomic E-state index is -4.53. The molecule has 1 aliphatic rings. The zero-order valence-electron chi connectivity index (χ0n) is 17.8. The molecule has 2 aromatic rings. The van der Waals surface area contributed by atoms with Crippen LogP contribution in [0.25, 0.3) is 5.57 Å². The first-order chi connectivity index (χ1) is 15.1. The highest BCUT2D eigenvalue weighted by atomic mass is 32.2. The molecule has 3 rings (SSSR count). The van der Waals surface area contributed by atoms with Crippen molar-refractivity contribution in [1.29, 1.82) is 0 Å². The molecule has 0 spiro atoms. The molecule has 0 bridgehead atoms. The summed E-state index contributed by atoms with van der Waals surface area (Å²) in [6, 6.07) is 13.4. The average Bonchev–Trinajstić information content (AvgIpc) is 2.74. The Morgan fingerprint density at radius 1 is 1.12 bits per heavy atom. The van der Waals surface area contributed by atoms with Gasteiger partial charge in [-0.15, -0.1) is 0 Å². The Morgan fingerprint density at radius 3 is 2.44 bits per heavy atom. The molecule has 2 aromatic carbocycles. The number of amides is 2. The molecule has 170 valence electrons. The van der Waals surface area contributed by atoms with Crippen molar-refractivity contribution < 1.29 is 27.5 Å². The van der Waals surface area contributed by atoms with Crippen molar-refractivity contribution >= 4 is 34.8 Å². The molecule has 32 heavy (non-hydrogen) atoms. The topological polar surface area (TPSA) is 58.6 Å². The highest BCUT2D eigenvalue weighted by Gasteiger charge is 2.43. The number of thioether (sulfide) groups is 1. The van der Waals surface area contributed by atoms with Gasteiger partial charge < -0.3 is 10.1 Å². The van der Waals surface area contributed by atoms with E-state index in [1.807, 2.05) is 12.3 Å². The largest absolute Gasteiger partial charge is 0.476 e. The van der Waals surface area contributed by atoms with E-state index < -0.39 is 23.2 Å². The van der Waals surface area contributed by atoms with E-state index in [-0.39, 0.29) is 18.3 Å². The number of hydrogen-bond acceptors (Lipinski definition) is 4. The maximum atomic E-state index is 13.5. The Labute approximate surface area is 188 Å². The quantitative estimate of drug-likeness (QED) is 0.653. The number of halogens is 3. The van der Waals surface area contributed by atoms with Crippen LogP contribution in [-0.2, 0) is 20.5 Å². The van der Waals surface area contributed by atoms with Crippen LogP contribution in [0.2, 0.25) is 0 Å². The summed E-state index contributed by atoms with van der Waals surface area (Å²) < 4.78 is 44.8. The first-order valence-electron chi connectivity index (χ1n) is 9.76. The molecule has 1 aliphatic heterocycles. The average molecular weight is 465 g/mol. The van der Waals surface area contributed by atoms with Crippen LogP contribution < -0.4 is 5.32 Å². The fourth-order valence-electron chi connectivity index (χ4n) is 3.26. The van der Waals surface area contributed by atoms with Crippen molar-refractivity contribution in [2.75, 3.05) is 24.1 Å². The van der Waals surface area contributed by atoms with Crippen LogP contribution in [-0.4, -0.2) is 41.0 Å². The number of benzene rings is 2.